The molecule has 0 aliphatic rings. The van der Waals surface area contributed by atoms with Crippen molar-refractivity contribution in [2.75, 3.05) is 40.3 Å². The van der Waals surface area contributed by atoms with E-state index in [0.29, 0.717) is 16.8 Å². The van der Waals surface area contributed by atoms with Crippen LogP contribution < -0.4 is 0 Å². The van der Waals surface area contributed by atoms with Crippen LogP contribution in [-0.4, -0.2) is 95.9 Å². The van der Waals surface area contributed by atoms with Crippen molar-refractivity contribution in [3.63, 3.8) is 0 Å². The molecule has 0 rings (SSSR count). The second-order valence-electron chi connectivity index (χ2n) is 8.98. The van der Waals surface area contributed by atoms with Crippen molar-refractivity contribution in [3.05, 3.63) is 0 Å². The number of unbranched alkanes of at least 4 members (excludes halogenated alkanes) is 3. The Kier molecular flexibility index (Phi) is 53.8. The summed E-state index contributed by atoms with van der Waals surface area (Å²) in [4.78, 5) is 50.0. The minimum atomic E-state index is -0.422. The third kappa shape index (κ3) is 28.9. The van der Waals surface area contributed by atoms with Crippen LogP contribution in [0.2, 0.25) is 0 Å². The predicted molar refractivity (Wildman–Crippen MR) is 190 cm³/mol. The first-order valence-electron chi connectivity index (χ1n) is 13.4. The van der Waals surface area contributed by atoms with E-state index in [2.05, 4.69) is 45.6 Å². The normalized spacial score (nSPS) is 11.9. The summed E-state index contributed by atoms with van der Waals surface area (Å²) in [6.07, 6.45) is 11.6. The van der Waals surface area contributed by atoms with E-state index >= 15 is 0 Å². The van der Waals surface area contributed by atoms with Crippen LogP contribution in [-0.2, 0) is 84.6 Å². The number of amides is 2. The third-order valence-corrected chi connectivity index (χ3v) is 9.78. The van der Waals surface area contributed by atoms with E-state index in [1.54, 1.807) is 0 Å². The van der Waals surface area contributed by atoms with Gasteiger partial charge in [-0.3, -0.25) is 9.59 Å². The van der Waals surface area contributed by atoms with Crippen molar-refractivity contribution in [2.45, 2.75) is 97.6 Å². The molecule has 0 bridgehead atoms. The van der Waals surface area contributed by atoms with Crippen LogP contribution in [0.25, 0.3) is 0 Å². The van der Waals surface area contributed by atoms with Crippen molar-refractivity contribution in [1.29, 1.82) is 0 Å². The number of hydrogen-bond donors (Lipinski definition) is 0. The number of rotatable bonds is 21. The van der Waals surface area contributed by atoms with E-state index in [9.17, 15) is 19.2 Å². The van der Waals surface area contributed by atoms with Gasteiger partial charge in [-0.2, -0.15) is 19.8 Å². The Labute approximate surface area is 317 Å². The summed E-state index contributed by atoms with van der Waals surface area (Å²) in [5.41, 5.74) is 0. The molecule has 0 heterocycles. The molecule has 41 heavy (non-hydrogen) atoms. The van der Waals surface area contributed by atoms with Gasteiger partial charge in [-0.1, -0.05) is 76.9 Å². The molecule has 0 spiro atoms. The van der Waals surface area contributed by atoms with Crippen molar-refractivity contribution < 1.29 is 84.6 Å². The molecule has 240 valence electrons. The molecule has 8 atom stereocenters. The average Bonchev–Trinajstić information content (AvgIpc) is 2.91. The molecular weight excluding hydrogens is 784 g/mol. The summed E-state index contributed by atoms with van der Waals surface area (Å²) in [5, 5.41) is 0. The van der Waals surface area contributed by atoms with Crippen LogP contribution >= 0.6 is 54.5 Å². The number of hydrogen-bond acceptors (Lipinski definition) is 6. The Bertz CT molecular complexity index is 629. The largest absolute Gasteiger partial charge is 0.540 e. The Balaban J connectivity index is -0.000000136. The zero-order chi connectivity index (χ0) is 28.6. The summed E-state index contributed by atoms with van der Waals surface area (Å²) in [5.74, 6) is 0.138. The first kappa shape index (κ1) is 56.3. The molecule has 0 N–H and O–H groups in total. The molecule has 0 aromatic heterocycles. The summed E-state index contributed by atoms with van der Waals surface area (Å²) >= 11 is 0. The van der Waals surface area contributed by atoms with Crippen LogP contribution in [0.15, 0.2) is 0 Å². The second kappa shape index (κ2) is 39.2. The van der Waals surface area contributed by atoms with Gasteiger partial charge in [0.1, 0.15) is 0 Å². The Hall–Kier alpha value is 2.99. The van der Waals surface area contributed by atoms with E-state index in [1.165, 1.54) is 0 Å². The third-order valence-electron chi connectivity index (χ3n) is 5.89. The molecule has 16 heteroatoms. The summed E-state index contributed by atoms with van der Waals surface area (Å²) in [6, 6.07) is -0.844. The fourth-order valence-corrected chi connectivity index (χ4v) is 5.05. The van der Waals surface area contributed by atoms with Crippen LogP contribution in [0.4, 0.5) is 0 Å². The molecule has 2 radical (unpaired) electrons. The Morgan fingerprint density at radius 2 is 0.927 bits per heavy atom. The van der Waals surface area contributed by atoms with Gasteiger partial charge in [0, 0.05) is 104 Å². The van der Waals surface area contributed by atoms with Crippen molar-refractivity contribution in [2.24, 2.45) is 0 Å². The number of nitrogens with zero attached hydrogens (tertiary/aromatic N) is 4. The van der Waals surface area contributed by atoms with E-state index in [0.717, 1.165) is 71.1 Å². The molecule has 2 amide bonds. The first-order valence-corrected chi connectivity index (χ1v) is 18.9. The zero-order valence-electron chi connectivity index (χ0n) is 26.5. The molecule has 8 nitrogen and oxygen atoms in total. The van der Waals surface area contributed by atoms with Gasteiger partial charge in [-0.15, -0.1) is 0 Å². The fourth-order valence-electron chi connectivity index (χ4n) is 3.32. The van der Waals surface area contributed by atoms with Gasteiger partial charge in [-0.05, 0) is 56.6 Å². The molecule has 0 fully saturated rings. The summed E-state index contributed by atoms with van der Waals surface area (Å²) in [6.45, 7) is 11.6. The fraction of sp³-hybridized carbons (Fsp3) is 0.840. The van der Waals surface area contributed by atoms with Gasteiger partial charge in [0.15, 0.2) is 0 Å². The maximum atomic E-state index is 12.3. The van der Waals surface area contributed by atoms with Crippen LogP contribution in [0.1, 0.15) is 85.5 Å². The number of carbonyl (C=O) groups is 2. The SMILES string of the molecule is CCCCN(CCC)C(=O)CC([C-]=O)N(C)PP.CCCCN(CCCC)C(=O)CC([C-]=O)N(C)PP.P.P.[Y].[Y]. The van der Waals surface area contributed by atoms with Crippen LogP contribution in [0.5, 0.6) is 0 Å². The molecule has 0 aromatic rings. The van der Waals surface area contributed by atoms with Crippen molar-refractivity contribution in [1.82, 2.24) is 19.1 Å². The van der Waals surface area contributed by atoms with E-state index in [1.807, 2.05) is 45.8 Å². The smallest absolute Gasteiger partial charge is 0.221 e. The quantitative estimate of drug-likeness (QED) is 0.121. The molecule has 8 unspecified atom stereocenters. The van der Waals surface area contributed by atoms with E-state index in [-0.39, 0.29) is 110 Å². The topological polar surface area (TPSA) is 81.2 Å². The second-order valence-corrected chi connectivity index (χ2v) is 12.5. The van der Waals surface area contributed by atoms with Gasteiger partial charge in [0.2, 0.25) is 11.8 Å². The molecule has 0 aliphatic carbocycles. The molecule has 0 aromatic carbocycles. The van der Waals surface area contributed by atoms with Gasteiger partial charge >= 0.3 is 0 Å². The van der Waals surface area contributed by atoms with Gasteiger partial charge in [0.05, 0.1) is 0 Å². The summed E-state index contributed by atoms with van der Waals surface area (Å²) in [7, 11) is 9.71. The van der Waals surface area contributed by atoms with E-state index in [4.69, 9.17) is 0 Å². The Morgan fingerprint density at radius 1 is 0.634 bits per heavy atom. The maximum Gasteiger partial charge on any atom is 0.221 e. The van der Waals surface area contributed by atoms with Crippen LogP contribution in [0.3, 0.4) is 0 Å². The first-order chi connectivity index (χ1) is 17.7. The monoisotopic (exact) mass is 842 g/mol. The van der Waals surface area contributed by atoms with Gasteiger partial charge in [-0.25, -0.2) is 12.6 Å². The molecular formula is C25H58N4O4P6Y2-2. The maximum absolute atomic E-state index is 12.3. The molecule has 0 saturated carbocycles. The van der Waals surface area contributed by atoms with Gasteiger partial charge in [0.25, 0.3) is 0 Å². The number of carbonyl (C=O) groups excluding carboxylic acids is 4. The predicted octanol–water partition coefficient (Wildman–Crippen LogP) is 4.92. The van der Waals surface area contributed by atoms with Crippen molar-refractivity contribution in [3.8, 4) is 0 Å². The van der Waals surface area contributed by atoms with Crippen LogP contribution in [0, 0.1) is 0 Å². The van der Waals surface area contributed by atoms with Crippen molar-refractivity contribution >= 4 is 78.9 Å². The minimum absolute atomic E-state index is 0. The Morgan fingerprint density at radius 3 is 1.15 bits per heavy atom. The average molecular weight is 842 g/mol. The number of likely N-dealkylation sites (N-methyl/N-ethyl adjacent to an activating group) is 2. The molecule has 0 aliphatic heterocycles. The minimum Gasteiger partial charge on any atom is -0.540 e. The zero-order valence-corrected chi connectivity index (χ0v) is 39.3. The standard InChI is InChI=1S/C13H27N2O2P2.C12H25N2O2P2.2H3P.2Y/c1-4-6-8-15(9-7-5-2)13(17)10-12(11-16)14(3)19-18;1-4-6-8-14(7-5-2)12(16)9-11(10-15)13(3)18-17;;;;/h12,19H,4-10,18H2,1-3H3;11,18H,4-9,17H2,1-3H3;2*1H3;;/q2*-1;;;;. The summed E-state index contributed by atoms with van der Waals surface area (Å²) < 4.78 is 3.70. The van der Waals surface area contributed by atoms with E-state index < -0.39 is 12.1 Å². The molecule has 0 saturated heterocycles. The van der Waals surface area contributed by atoms with Gasteiger partial charge < -0.3 is 28.7 Å².